The fourth-order valence-electron chi connectivity index (χ4n) is 2.98. The molecule has 0 bridgehead atoms. The number of anilines is 1. The Hall–Kier alpha value is -3.43. The summed E-state index contributed by atoms with van der Waals surface area (Å²) in [5.74, 6) is 1.01. The van der Waals surface area contributed by atoms with Gasteiger partial charge >= 0.3 is 0 Å². The molecular formula is C21H23N5O3S. The molecule has 0 radical (unpaired) electrons. The predicted octanol–water partition coefficient (Wildman–Crippen LogP) is 3.05. The van der Waals surface area contributed by atoms with Crippen LogP contribution in [0.2, 0.25) is 0 Å². The fraction of sp³-hybridized carbons (Fsp3) is 0.333. The van der Waals surface area contributed by atoms with Gasteiger partial charge in [-0.15, -0.1) is 0 Å². The number of amides is 1. The fourth-order valence-corrected chi connectivity index (χ4v) is 3.88. The highest BCUT2D eigenvalue weighted by Gasteiger charge is 2.22. The van der Waals surface area contributed by atoms with Crippen LogP contribution < -0.4 is 15.2 Å². The van der Waals surface area contributed by atoms with E-state index in [1.54, 1.807) is 23.1 Å². The van der Waals surface area contributed by atoms with Crippen molar-refractivity contribution in [2.75, 3.05) is 38.8 Å². The van der Waals surface area contributed by atoms with Crippen LogP contribution >= 0.6 is 11.8 Å². The number of hydrogen-bond acceptors (Lipinski definition) is 8. The van der Waals surface area contributed by atoms with Gasteiger partial charge in [0.25, 0.3) is 0 Å². The number of carbonyl (C=O) groups is 1. The van der Waals surface area contributed by atoms with E-state index in [4.69, 9.17) is 15.2 Å². The second-order valence-electron chi connectivity index (χ2n) is 6.08. The van der Waals surface area contributed by atoms with E-state index in [0.29, 0.717) is 40.7 Å². The summed E-state index contributed by atoms with van der Waals surface area (Å²) in [5, 5.41) is 19.8. The number of nitrogens with zero attached hydrogens (tertiary/aromatic N) is 4. The minimum atomic E-state index is -0.0636. The molecule has 0 saturated carbocycles. The van der Waals surface area contributed by atoms with E-state index in [1.807, 2.05) is 19.9 Å². The van der Waals surface area contributed by atoms with E-state index in [1.165, 1.54) is 14.2 Å². The van der Waals surface area contributed by atoms with Gasteiger partial charge in [0.05, 0.1) is 25.5 Å². The van der Waals surface area contributed by atoms with Crippen molar-refractivity contribution in [1.29, 1.82) is 10.5 Å². The second-order valence-corrected chi connectivity index (χ2v) is 7.04. The first-order valence-electron chi connectivity index (χ1n) is 9.22. The molecule has 0 aliphatic heterocycles. The van der Waals surface area contributed by atoms with Crippen LogP contribution in [0, 0.1) is 22.7 Å². The number of rotatable bonds is 8. The number of ether oxygens (including phenoxy) is 2. The zero-order valence-corrected chi connectivity index (χ0v) is 18.2. The van der Waals surface area contributed by atoms with Gasteiger partial charge in [0.2, 0.25) is 5.91 Å². The lowest BCUT2D eigenvalue weighted by Gasteiger charge is -2.19. The average molecular weight is 426 g/mol. The standard InChI is InChI=1S/C21H23N5O3S/c1-5-26(6-2)18(27)12-30-21-15(11-23)19(14(10-22)20(24)25-21)13-7-8-16(28-3)17(9-13)29-4/h7-9H,5-6,12H2,1-4H3,(H2,24,25). The van der Waals surface area contributed by atoms with Gasteiger partial charge in [-0.2, -0.15) is 10.5 Å². The van der Waals surface area contributed by atoms with Crippen molar-refractivity contribution >= 4 is 23.5 Å². The summed E-state index contributed by atoms with van der Waals surface area (Å²) < 4.78 is 10.6. The molecule has 1 aromatic carbocycles. The summed E-state index contributed by atoms with van der Waals surface area (Å²) in [7, 11) is 3.02. The Morgan fingerprint density at radius 2 is 1.77 bits per heavy atom. The van der Waals surface area contributed by atoms with E-state index < -0.39 is 0 Å². The Kier molecular flexibility index (Phi) is 7.90. The third-order valence-corrected chi connectivity index (χ3v) is 5.50. The molecule has 0 saturated heterocycles. The van der Waals surface area contributed by atoms with E-state index in [0.717, 1.165) is 11.8 Å². The van der Waals surface area contributed by atoms with E-state index >= 15 is 0 Å². The third-order valence-electron chi connectivity index (χ3n) is 4.54. The van der Waals surface area contributed by atoms with Gasteiger partial charge in [-0.3, -0.25) is 4.79 Å². The molecule has 0 atom stereocenters. The summed E-state index contributed by atoms with van der Waals surface area (Å²) >= 11 is 1.13. The zero-order valence-electron chi connectivity index (χ0n) is 17.4. The Labute approximate surface area is 180 Å². The lowest BCUT2D eigenvalue weighted by Crippen LogP contribution is -2.31. The van der Waals surface area contributed by atoms with Crippen molar-refractivity contribution in [3.63, 3.8) is 0 Å². The number of pyridine rings is 1. The van der Waals surface area contributed by atoms with Crippen molar-refractivity contribution in [2.45, 2.75) is 18.9 Å². The van der Waals surface area contributed by atoms with E-state index in [2.05, 4.69) is 11.1 Å². The van der Waals surface area contributed by atoms with Gasteiger partial charge in [0, 0.05) is 18.7 Å². The molecular weight excluding hydrogens is 402 g/mol. The molecule has 0 fully saturated rings. The monoisotopic (exact) mass is 425 g/mol. The van der Waals surface area contributed by atoms with Crippen molar-refractivity contribution < 1.29 is 14.3 Å². The van der Waals surface area contributed by atoms with Crippen molar-refractivity contribution in [1.82, 2.24) is 9.88 Å². The predicted molar refractivity (Wildman–Crippen MR) is 115 cm³/mol. The molecule has 1 aromatic heterocycles. The molecule has 0 spiro atoms. The average Bonchev–Trinajstić information content (AvgIpc) is 2.77. The first-order chi connectivity index (χ1) is 14.4. The Morgan fingerprint density at radius 1 is 1.13 bits per heavy atom. The van der Waals surface area contributed by atoms with Crippen LogP contribution in [0.3, 0.4) is 0 Å². The topological polar surface area (TPSA) is 125 Å². The van der Waals surface area contributed by atoms with Crippen molar-refractivity contribution in [2.24, 2.45) is 0 Å². The van der Waals surface area contributed by atoms with E-state index in [-0.39, 0.29) is 28.6 Å². The molecule has 8 nitrogen and oxygen atoms in total. The summed E-state index contributed by atoms with van der Waals surface area (Å²) in [6.07, 6.45) is 0. The lowest BCUT2D eigenvalue weighted by molar-refractivity contribution is -0.127. The molecule has 0 aliphatic carbocycles. The number of benzene rings is 1. The molecule has 2 N–H and O–H groups in total. The van der Waals surface area contributed by atoms with Gasteiger partial charge in [0.1, 0.15) is 28.5 Å². The normalized spacial score (nSPS) is 10.1. The first-order valence-corrected chi connectivity index (χ1v) is 10.2. The number of aromatic nitrogens is 1. The first kappa shape index (κ1) is 22.9. The number of carbonyl (C=O) groups excluding carboxylic acids is 1. The maximum atomic E-state index is 12.4. The van der Waals surface area contributed by atoms with Crippen molar-refractivity contribution in [3.8, 4) is 34.8 Å². The SMILES string of the molecule is CCN(CC)C(=O)CSc1nc(N)c(C#N)c(-c2ccc(OC)c(OC)c2)c1C#N. The summed E-state index contributed by atoms with van der Waals surface area (Å²) in [6, 6.07) is 9.23. The van der Waals surface area contributed by atoms with Gasteiger partial charge in [0.15, 0.2) is 11.5 Å². The highest BCUT2D eigenvalue weighted by Crippen LogP contribution is 2.39. The lowest BCUT2D eigenvalue weighted by atomic mass is 9.96. The van der Waals surface area contributed by atoms with Crippen LogP contribution in [0.5, 0.6) is 11.5 Å². The Bertz CT molecular complexity index is 1020. The van der Waals surface area contributed by atoms with Crippen LogP contribution in [-0.4, -0.2) is 48.9 Å². The number of methoxy groups -OCH3 is 2. The van der Waals surface area contributed by atoms with Crippen LogP contribution in [0.4, 0.5) is 5.82 Å². The van der Waals surface area contributed by atoms with Crippen LogP contribution in [0.25, 0.3) is 11.1 Å². The highest BCUT2D eigenvalue weighted by atomic mass is 32.2. The molecule has 0 aliphatic rings. The molecule has 0 unspecified atom stereocenters. The van der Waals surface area contributed by atoms with Crippen molar-refractivity contribution in [3.05, 3.63) is 29.3 Å². The maximum Gasteiger partial charge on any atom is 0.232 e. The van der Waals surface area contributed by atoms with Gasteiger partial charge in [-0.1, -0.05) is 17.8 Å². The molecule has 156 valence electrons. The molecule has 1 heterocycles. The summed E-state index contributed by atoms with van der Waals surface area (Å²) in [5.41, 5.74) is 7.23. The quantitative estimate of drug-likeness (QED) is 0.640. The van der Waals surface area contributed by atoms with Gasteiger partial charge < -0.3 is 20.1 Å². The largest absolute Gasteiger partial charge is 0.493 e. The minimum absolute atomic E-state index is 0.000858. The highest BCUT2D eigenvalue weighted by molar-refractivity contribution is 8.00. The number of nitrogen functional groups attached to an aromatic ring is 1. The molecule has 2 aromatic rings. The number of thioether (sulfide) groups is 1. The molecule has 1 amide bonds. The van der Waals surface area contributed by atoms with Crippen LogP contribution in [0.1, 0.15) is 25.0 Å². The molecule has 9 heteroatoms. The third kappa shape index (κ3) is 4.58. The second kappa shape index (κ2) is 10.4. The maximum absolute atomic E-state index is 12.4. The summed E-state index contributed by atoms with van der Waals surface area (Å²) in [6.45, 7) is 5.00. The Balaban J connectivity index is 2.59. The molecule has 30 heavy (non-hydrogen) atoms. The summed E-state index contributed by atoms with van der Waals surface area (Å²) in [4.78, 5) is 18.3. The Morgan fingerprint density at radius 3 is 2.30 bits per heavy atom. The smallest absolute Gasteiger partial charge is 0.232 e. The van der Waals surface area contributed by atoms with Crippen LogP contribution in [0.15, 0.2) is 23.2 Å². The minimum Gasteiger partial charge on any atom is -0.493 e. The van der Waals surface area contributed by atoms with Crippen LogP contribution in [-0.2, 0) is 4.79 Å². The molecule has 2 rings (SSSR count). The number of hydrogen-bond donors (Lipinski definition) is 1. The van der Waals surface area contributed by atoms with Gasteiger partial charge in [-0.05, 0) is 31.5 Å². The number of nitrogens with two attached hydrogens (primary N) is 1. The van der Waals surface area contributed by atoms with E-state index in [9.17, 15) is 15.3 Å². The number of nitriles is 2. The zero-order chi connectivity index (χ0) is 22.3. The van der Waals surface area contributed by atoms with Gasteiger partial charge in [-0.25, -0.2) is 4.98 Å².